The molecule has 0 bridgehead atoms. The number of nitrogens with one attached hydrogen (secondary N) is 1. The number of amides is 2. The molecular weight excluding hydrogens is 353 g/mol. The summed E-state index contributed by atoms with van der Waals surface area (Å²) in [6.45, 7) is 2.91. The Morgan fingerprint density at radius 1 is 1.35 bits per heavy atom. The van der Waals surface area contributed by atoms with Gasteiger partial charge in [0.25, 0.3) is 5.91 Å². The molecule has 3 atom stereocenters. The first-order valence-corrected chi connectivity index (χ1v) is 8.11. The fourth-order valence-corrected chi connectivity index (χ4v) is 2.85. The first-order chi connectivity index (χ1) is 12.1. The van der Waals surface area contributed by atoms with E-state index in [0.29, 0.717) is 6.42 Å². The van der Waals surface area contributed by atoms with Gasteiger partial charge < -0.3 is 10.1 Å². The zero-order chi connectivity index (χ0) is 19.2. The largest absolute Gasteiger partial charge is 0.452 e. The minimum absolute atomic E-state index is 0.112. The van der Waals surface area contributed by atoms with Crippen LogP contribution >= 0.6 is 0 Å². The molecule has 6 nitrogen and oxygen atoms in total. The summed E-state index contributed by atoms with van der Waals surface area (Å²) in [5.74, 6) is -1.78. The average Bonchev–Trinajstić information content (AvgIpc) is 3.28. The van der Waals surface area contributed by atoms with Gasteiger partial charge in [-0.1, -0.05) is 6.92 Å². The topological polar surface area (TPSA) is 75.7 Å². The molecule has 1 aromatic carbocycles. The highest BCUT2D eigenvalue weighted by Gasteiger charge is 2.42. The van der Waals surface area contributed by atoms with Crippen molar-refractivity contribution in [3.8, 4) is 0 Å². The molecule has 1 aromatic rings. The van der Waals surface area contributed by atoms with E-state index in [4.69, 9.17) is 4.74 Å². The molecule has 0 aromatic heterocycles. The Bertz CT molecular complexity index is 778. The maximum Gasteiger partial charge on any atom is 0.416 e. The van der Waals surface area contributed by atoms with Gasteiger partial charge in [0.1, 0.15) is 6.54 Å². The first-order valence-electron chi connectivity index (χ1n) is 8.11. The van der Waals surface area contributed by atoms with E-state index in [-0.39, 0.29) is 29.8 Å². The number of esters is 1. The number of anilines is 2. The zero-order valence-corrected chi connectivity index (χ0v) is 14.1. The Labute approximate surface area is 147 Å². The van der Waals surface area contributed by atoms with Crippen molar-refractivity contribution in [2.45, 2.75) is 32.5 Å². The zero-order valence-electron chi connectivity index (χ0n) is 14.1. The minimum Gasteiger partial charge on any atom is -0.452 e. The second-order valence-electron chi connectivity index (χ2n) is 6.60. The van der Waals surface area contributed by atoms with Crippen LogP contribution in [0.3, 0.4) is 0 Å². The van der Waals surface area contributed by atoms with Crippen molar-refractivity contribution in [2.75, 3.05) is 16.8 Å². The van der Waals surface area contributed by atoms with Crippen LogP contribution in [0.4, 0.5) is 24.5 Å². The van der Waals surface area contributed by atoms with Crippen molar-refractivity contribution in [1.29, 1.82) is 0 Å². The van der Waals surface area contributed by atoms with Gasteiger partial charge in [-0.05, 0) is 37.5 Å². The lowest BCUT2D eigenvalue weighted by atomic mass is 10.1. The summed E-state index contributed by atoms with van der Waals surface area (Å²) in [6.07, 6.45) is -5.01. The van der Waals surface area contributed by atoms with Crippen molar-refractivity contribution in [1.82, 2.24) is 0 Å². The molecule has 1 aliphatic carbocycles. The van der Waals surface area contributed by atoms with Crippen LogP contribution in [0.25, 0.3) is 0 Å². The Morgan fingerprint density at radius 2 is 2.00 bits per heavy atom. The number of hydrogen-bond donors (Lipinski definition) is 1. The summed E-state index contributed by atoms with van der Waals surface area (Å²) in [6, 6.07) is 2.72. The molecule has 1 aliphatic heterocycles. The van der Waals surface area contributed by atoms with Crippen molar-refractivity contribution in [3.05, 3.63) is 23.8 Å². The molecule has 0 saturated heterocycles. The monoisotopic (exact) mass is 370 g/mol. The highest BCUT2D eigenvalue weighted by molar-refractivity contribution is 6.11. The van der Waals surface area contributed by atoms with Gasteiger partial charge in [0.15, 0.2) is 6.10 Å². The van der Waals surface area contributed by atoms with Crippen LogP contribution < -0.4 is 10.2 Å². The van der Waals surface area contributed by atoms with Crippen molar-refractivity contribution < 1.29 is 32.3 Å². The van der Waals surface area contributed by atoms with E-state index in [2.05, 4.69) is 5.32 Å². The van der Waals surface area contributed by atoms with Gasteiger partial charge in [-0.15, -0.1) is 0 Å². The third-order valence-corrected chi connectivity index (χ3v) is 4.51. The highest BCUT2D eigenvalue weighted by Crippen LogP contribution is 2.39. The van der Waals surface area contributed by atoms with Crippen molar-refractivity contribution in [3.63, 3.8) is 0 Å². The normalized spacial score (nSPS) is 23.0. The van der Waals surface area contributed by atoms with Crippen LogP contribution in [0.15, 0.2) is 18.2 Å². The number of rotatable bonds is 3. The van der Waals surface area contributed by atoms with E-state index < -0.39 is 35.6 Å². The molecular formula is C17H17F3N2O4. The van der Waals surface area contributed by atoms with Crippen LogP contribution in [0.1, 0.15) is 25.8 Å². The molecule has 1 heterocycles. The van der Waals surface area contributed by atoms with Crippen LogP contribution in [0, 0.1) is 11.8 Å². The standard InChI is InChI=1S/C17H17F3N2O4/c1-8-5-11(8)16(25)26-9(2)15(24)22-7-14(23)21-12-6-10(17(18,19)20)3-4-13(12)22/h3-4,6,8-9,11H,5,7H2,1-2H3,(H,21,23)/t8-,9-,11-/m0/s1. The van der Waals surface area contributed by atoms with Gasteiger partial charge in [0, 0.05) is 0 Å². The number of fused-ring (bicyclic) bond motifs is 1. The fourth-order valence-electron chi connectivity index (χ4n) is 2.85. The summed E-state index contributed by atoms with van der Waals surface area (Å²) in [4.78, 5) is 37.3. The lowest BCUT2D eigenvalue weighted by Crippen LogP contribution is -2.47. The maximum atomic E-state index is 12.8. The molecule has 1 saturated carbocycles. The van der Waals surface area contributed by atoms with Gasteiger partial charge in [-0.2, -0.15) is 13.2 Å². The Hall–Kier alpha value is -2.58. The van der Waals surface area contributed by atoms with Gasteiger partial charge >= 0.3 is 12.1 Å². The van der Waals surface area contributed by atoms with Crippen LogP contribution in [0.2, 0.25) is 0 Å². The third-order valence-electron chi connectivity index (χ3n) is 4.51. The van der Waals surface area contributed by atoms with Gasteiger partial charge in [-0.3, -0.25) is 19.3 Å². The average molecular weight is 370 g/mol. The number of carbonyl (C=O) groups is 3. The molecule has 9 heteroatoms. The Balaban J connectivity index is 1.81. The highest BCUT2D eigenvalue weighted by atomic mass is 19.4. The second-order valence-corrected chi connectivity index (χ2v) is 6.60. The molecule has 0 radical (unpaired) electrons. The number of ether oxygens (including phenoxy) is 1. The summed E-state index contributed by atoms with van der Waals surface area (Å²) < 4.78 is 43.7. The molecule has 1 N–H and O–H groups in total. The summed E-state index contributed by atoms with van der Waals surface area (Å²) >= 11 is 0. The molecule has 3 rings (SSSR count). The molecule has 0 unspecified atom stereocenters. The Morgan fingerprint density at radius 3 is 2.58 bits per heavy atom. The summed E-state index contributed by atoms with van der Waals surface area (Å²) in [5.41, 5.74) is -0.919. The maximum absolute atomic E-state index is 12.8. The number of benzene rings is 1. The molecule has 26 heavy (non-hydrogen) atoms. The fraction of sp³-hybridized carbons (Fsp3) is 0.471. The SMILES string of the molecule is C[C@H](OC(=O)[C@H]1C[C@@H]1C)C(=O)N1CC(=O)Nc2cc(C(F)(F)F)ccc21. The van der Waals surface area contributed by atoms with Crippen LogP contribution in [-0.4, -0.2) is 30.4 Å². The van der Waals surface area contributed by atoms with Crippen molar-refractivity contribution >= 4 is 29.2 Å². The number of alkyl halides is 3. The van der Waals surface area contributed by atoms with E-state index in [9.17, 15) is 27.6 Å². The first kappa shape index (κ1) is 18.2. The molecule has 140 valence electrons. The lowest BCUT2D eigenvalue weighted by Gasteiger charge is -2.31. The predicted octanol–water partition coefficient (Wildman–Crippen LogP) is 2.58. The Kier molecular flexibility index (Phi) is 4.41. The van der Waals surface area contributed by atoms with E-state index in [1.165, 1.54) is 6.92 Å². The van der Waals surface area contributed by atoms with Crippen molar-refractivity contribution in [2.24, 2.45) is 11.8 Å². The van der Waals surface area contributed by atoms with Gasteiger partial charge in [-0.25, -0.2) is 0 Å². The number of halogens is 3. The van der Waals surface area contributed by atoms with Crippen LogP contribution in [0.5, 0.6) is 0 Å². The quantitative estimate of drug-likeness (QED) is 0.830. The van der Waals surface area contributed by atoms with Crippen LogP contribution in [-0.2, 0) is 25.3 Å². The number of carbonyl (C=O) groups excluding carboxylic acids is 3. The third kappa shape index (κ3) is 3.51. The van der Waals surface area contributed by atoms with E-state index in [1.807, 2.05) is 6.92 Å². The molecule has 2 aliphatic rings. The minimum atomic E-state index is -4.57. The van der Waals surface area contributed by atoms with E-state index >= 15 is 0 Å². The van der Waals surface area contributed by atoms with Gasteiger partial charge in [0.05, 0.1) is 22.9 Å². The summed E-state index contributed by atoms with van der Waals surface area (Å²) in [7, 11) is 0. The van der Waals surface area contributed by atoms with E-state index in [1.54, 1.807) is 0 Å². The van der Waals surface area contributed by atoms with E-state index in [0.717, 1.165) is 23.1 Å². The molecule has 1 fully saturated rings. The smallest absolute Gasteiger partial charge is 0.416 e. The lowest BCUT2D eigenvalue weighted by molar-refractivity contribution is -0.155. The molecule has 2 amide bonds. The second kappa shape index (κ2) is 6.30. The predicted molar refractivity (Wildman–Crippen MR) is 85.3 cm³/mol. The van der Waals surface area contributed by atoms with Gasteiger partial charge in [0.2, 0.25) is 5.91 Å². The number of nitrogens with zero attached hydrogens (tertiary/aromatic N) is 1. The summed E-state index contributed by atoms with van der Waals surface area (Å²) in [5, 5.41) is 2.33. The number of hydrogen-bond acceptors (Lipinski definition) is 4. The molecule has 0 spiro atoms.